The van der Waals surface area contributed by atoms with Crippen LogP contribution in [-0.4, -0.2) is 244 Å². The van der Waals surface area contributed by atoms with Crippen LogP contribution in [0.2, 0.25) is 0 Å². The van der Waals surface area contributed by atoms with E-state index in [4.69, 9.17) is 28.4 Å². The van der Waals surface area contributed by atoms with E-state index in [9.17, 15) is 68.4 Å². The third kappa shape index (κ3) is 56.7. The van der Waals surface area contributed by atoms with Crippen molar-refractivity contribution in [3.05, 3.63) is 0 Å². The number of likely N-dealkylation sites (N-methyl/N-ethyl adjacent to an activating group) is 2. The first-order chi connectivity index (χ1) is 62.3. The van der Waals surface area contributed by atoms with Crippen molar-refractivity contribution in [1.82, 2.24) is 30.2 Å². The molecule has 26 nitrogen and oxygen atoms in total. The Morgan fingerprint density at radius 3 is 0.977 bits per heavy atom. The van der Waals surface area contributed by atoms with Gasteiger partial charge in [0.15, 0.2) is 6.10 Å². The molecule has 2 rings (SSSR count). The van der Waals surface area contributed by atoms with Crippen LogP contribution in [0.4, 0.5) is 0 Å². The van der Waals surface area contributed by atoms with Crippen molar-refractivity contribution in [3.8, 4) is 0 Å². The van der Waals surface area contributed by atoms with Crippen LogP contribution in [0.1, 0.15) is 423 Å². The molecular formula is C104H194N6O20. The van der Waals surface area contributed by atoms with Crippen molar-refractivity contribution in [3.63, 3.8) is 0 Å². The van der Waals surface area contributed by atoms with Crippen LogP contribution in [0, 0.1) is 39.4 Å². The second-order valence-corrected chi connectivity index (χ2v) is 39.8. The maximum absolute atomic E-state index is 13.8. The van der Waals surface area contributed by atoms with Crippen molar-refractivity contribution < 1.29 is 96.8 Å². The second kappa shape index (κ2) is 75.6. The fraction of sp³-hybridized carbons (Fsp3) is 0.904. The lowest BCUT2D eigenvalue weighted by Gasteiger charge is -2.42. The van der Waals surface area contributed by atoms with Crippen LogP contribution in [0.25, 0.3) is 0 Å². The summed E-state index contributed by atoms with van der Waals surface area (Å²) in [6, 6.07) is 0. The highest BCUT2D eigenvalue weighted by Crippen LogP contribution is 2.49. The molecule has 0 spiro atoms. The lowest BCUT2D eigenvalue weighted by Crippen LogP contribution is -2.47. The third-order valence-electron chi connectivity index (χ3n) is 27.0. The molecule has 0 saturated carbocycles. The van der Waals surface area contributed by atoms with Gasteiger partial charge in [-0.1, -0.05) is 340 Å². The molecule has 0 aromatic rings. The quantitative estimate of drug-likeness (QED) is 0.0187. The van der Waals surface area contributed by atoms with E-state index in [1.54, 1.807) is 27.7 Å². The number of carboxylic acids is 2. The summed E-state index contributed by atoms with van der Waals surface area (Å²) in [6.45, 7) is 31.1. The predicted octanol–water partition coefficient (Wildman–Crippen LogP) is 19.9. The number of carbonyl (C=O) groups is 10. The Kier molecular flexibility index (Phi) is 71.3. The van der Waals surface area contributed by atoms with Crippen LogP contribution in [0.5, 0.6) is 0 Å². The molecule has 0 radical (unpaired) electrons. The number of nitrogens with zero attached hydrogens (tertiary/aromatic N) is 4. The van der Waals surface area contributed by atoms with Gasteiger partial charge in [0, 0.05) is 95.3 Å². The molecule has 2 aliphatic heterocycles. The van der Waals surface area contributed by atoms with Gasteiger partial charge in [-0.25, -0.2) is 0 Å². The molecule has 0 aromatic carbocycles. The van der Waals surface area contributed by atoms with E-state index in [0.717, 1.165) is 284 Å². The summed E-state index contributed by atoms with van der Waals surface area (Å²) in [7, 11) is 4.14. The first kappa shape index (κ1) is 122. The normalized spacial score (nSPS) is 16.0. The Morgan fingerprint density at radius 2 is 0.631 bits per heavy atom. The van der Waals surface area contributed by atoms with Gasteiger partial charge >= 0.3 is 47.8 Å². The van der Waals surface area contributed by atoms with E-state index in [2.05, 4.69) is 99.7 Å². The van der Waals surface area contributed by atoms with Gasteiger partial charge in [0.2, 0.25) is 11.8 Å². The number of amides is 2. The zero-order chi connectivity index (χ0) is 96.7. The Labute approximate surface area is 789 Å². The van der Waals surface area contributed by atoms with Crippen molar-refractivity contribution >= 4 is 59.6 Å². The summed E-state index contributed by atoms with van der Waals surface area (Å²) < 4.78 is 34.4. The summed E-state index contributed by atoms with van der Waals surface area (Å²) in [5.41, 5.74) is -4.61. The first-order valence-corrected chi connectivity index (χ1v) is 52.5. The Morgan fingerprint density at radius 1 is 0.338 bits per heavy atom. The first-order valence-electron chi connectivity index (χ1n) is 52.5. The molecule has 0 aromatic heterocycles. The molecule has 130 heavy (non-hydrogen) atoms. The number of piperazine rings is 2. The minimum atomic E-state index is -1.52. The molecule has 0 bridgehead atoms. The zero-order valence-corrected chi connectivity index (χ0v) is 85.1. The standard InChI is InChI=1S/2C52H97N3O10/c1-8-12-16-20-22-25-31-51(48(60)61,30-24-18-14-10-3)40-43(52(49(62)63,32-26-19-15-11-4)33-27-23-21-17-13-9-2)41-64-44(56)28-34-53-47(59)46(58)50(5,6)42-65-45(57)29-35-55-38-36-54(7)37-39-55;1-8-12-16-20-22-26-29-43(28-24-18-14-10-3)50(60)63-41-45(65-51(61)44(30-25-19-15-11-4)31-27-23-21-17-13-9-2)40-62-46(56)32-34-53-49(59)48(58)52(5,6)42-64-47(57)33-35-55-38-36-54(7)37-39-55/h43,46,58H,8-42H2,1-7H3,(H,53,59)(H,60,61)(H,62,63);43-45,48,58H,8-42H2,1-7H3,(H,53,59)/t43?,46-,51?,52?;43?,44?,45?,48-/m00/s1. The number of aliphatic hydroxyl groups is 2. The second-order valence-electron chi connectivity index (χ2n) is 39.8. The number of esters is 6. The number of aliphatic carboxylic acids is 2. The fourth-order valence-electron chi connectivity index (χ4n) is 17.5. The van der Waals surface area contributed by atoms with Gasteiger partial charge in [0.1, 0.15) is 25.4 Å². The zero-order valence-electron chi connectivity index (χ0n) is 85.1. The van der Waals surface area contributed by atoms with Crippen LogP contribution >= 0.6 is 0 Å². The third-order valence-corrected chi connectivity index (χ3v) is 27.0. The van der Waals surface area contributed by atoms with Crippen LogP contribution in [-0.2, 0) is 76.4 Å². The van der Waals surface area contributed by atoms with Crippen molar-refractivity contribution in [2.75, 3.05) is 126 Å². The highest BCUT2D eigenvalue weighted by Gasteiger charge is 2.51. The van der Waals surface area contributed by atoms with Gasteiger partial charge in [0.05, 0.1) is 68.2 Å². The number of rotatable bonds is 82. The van der Waals surface area contributed by atoms with E-state index in [0.29, 0.717) is 51.6 Å². The molecular weight excluding hydrogens is 1650 g/mol. The van der Waals surface area contributed by atoms with Crippen LogP contribution < -0.4 is 10.6 Å². The molecule has 2 amide bonds. The number of carbonyl (C=O) groups excluding carboxylic acids is 8. The molecule has 8 atom stereocenters. The van der Waals surface area contributed by atoms with Gasteiger partial charge in [-0.3, -0.25) is 47.9 Å². The van der Waals surface area contributed by atoms with E-state index in [1.807, 2.05) is 0 Å². The van der Waals surface area contributed by atoms with E-state index in [-0.39, 0.29) is 108 Å². The van der Waals surface area contributed by atoms with Gasteiger partial charge in [0.25, 0.3) is 0 Å². The van der Waals surface area contributed by atoms with Gasteiger partial charge < -0.3 is 79.1 Å². The minimum Gasteiger partial charge on any atom is -0.481 e. The molecule has 760 valence electrons. The van der Waals surface area contributed by atoms with E-state index < -0.39 is 87.6 Å². The number of ether oxygens (including phenoxy) is 6. The van der Waals surface area contributed by atoms with Crippen molar-refractivity contribution in [1.29, 1.82) is 0 Å². The Bertz CT molecular complexity index is 2960. The smallest absolute Gasteiger partial charge is 0.310 e. The summed E-state index contributed by atoms with van der Waals surface area (Å²) >= 11 is 0. The Hall–Kier alpha value is -5.54. The van der Waals surface area contributed by atoms with Gasteiger partial charge in [-0.05, 0) is 71.9 Å². The number of unbranched alkanes of at least 4 members (excludes halogenated alkanes) is 32. The highest BCUT2D eigenvalue weighted by atomic mass is 16.6. The number of aliphatic hydroxyl groups excluding tert-OH is 2. The van der Waals surface area contributed by atoms with Gasteiger partial charge in [-0.2, -0.15) is 0 Å². The van der Waals surface area contributed by atoms with E-state index in [1.165, 1.54) is 38.5 Å². The number of nitrogens with one attached hydrogen (secondary N) is 2. The molecule has 2 saturated heterocycles. The van der Waals surface area contributed by atoms with Crippen LogP contribution in [0.3, 0.4) is 0 Å². The lowest BCUT2D eigenvalue weighted by molar-refractivity contribution is -0.171. The molecule has 2 heterocycles. The topological polar surface area (TPSA) is 344 Å². The molecule has 6 unspecified atom stereocenters. The summed E-state index contributed by atoms with van der Waals surface area (Å²) in [5, 5.41) is 49.5. The summed E-state index contributed by atoms with van der Waals surface area (Å²) in [6.07, 6.45) is 41.9. The molecule has 2 fully saturated rings. The minimum absolute atomic E-state index is 0.106. The predicted molar refractivity (Wildman–Crippen MR) is 519 cm³/mol. The Balaban J connectivity index is 0.00000130. The summed E-state index contributed by atoms with van der Waals surface area (Å²) in [5.74, 6) is -7.21. The molecule has 0 aliphatic carbocycles. The molecule has 6 N–H and O–H groups in total. The number of carboxylic acid groups (broad SMARTS) is 2. The average molecular weight is 1850 g/mol. The van der Waals surface area contributed by atoms with Crippen molar-refractivity contribution in [2.45, 2.75) is 442 Å². The maximum Gasteiger partial charge on any atom is 0.310 e. The van der Waals surface area contributed by atoms with Gasteiger partial charge in [-0.15, -0.1) is 0 Å². The van der Waals surface area contributed by atoms with E-state index >= 15 is 0 Å². The fourth-order valence-corrected chi connectivity index (χ4v) is 17.5. The van der Waals surface area contributed by atoms with Crippen LogP contribution in [0.15, 0.2) is 0 Å². The number of hydrogen-bond acceptors (Lipinski definition) is 22. The summed E-state index contributed by atoms with van der Waals surface area (Å²) in [4.78, 5) is 141. The monoisotopic (exact) mass is 1850 g/mol. The maximum atomic E-state index is 13.8. The average Bonchev–Trinajstić information content (AvgIpc) is 0.775. The highest BCUT2D eigenvalue weighted by molar-refractivity contribution is 5.83. The number of hydrogen-bond donors (Lipinski definition) is 6. The largest absolute Gasteiger partial charge is 0.481 e. The lowest BCUT2D eigenvalue weighted by atomic mass is 9.61. The molecule has 2 aliphatic rings. The van der Waals surface area contributed by atoms with Crippen molar-refractivity contribution in [2.24, 2.45) is 39.4 Å². The molecule has 26 heteroatoms. The SMILES string of the molecule is CCCCCCCCC(CCCCCC)(CC(COC(=O)CCNC(=O)[C@H](O)C(C)(C)COC(=O)CCN1CCN(C)CC1)C(CCCCCC)(CCCCCCCC)C(=O)O)C(=O)O.CCCCCCCCC(CCCCCC)C(=O)OCC(COC(=O)CCNC(=O)[C@H](O)C(C)(C)COC(=O)CCN1CCN(C)CC1)OC(=O)C(CCCCCC)CCCCCCCC.